The van der Waals surface area contributed by atoms with Gasteiger partial charge in [-0.15, -0.1) is 0 Å². The van der Waals surface area contributed by atoms with Crippen LogP contribution in [0.15, 0.2) is 54.6 Å². The molecule has 1 N–H and O–H groups in total. The fourth-order valence-corrected chi connectivity index (χ4v) is 2.72. The zero-order valence-corrected chi connectivity index (χ0v) is 14.9. The largest absolute Gasteiger partial charge is 0.462 e. The number of amides is 1. The van der Waals surface area contributed by atoms with E-state index in [0.29, 0.717) is 19.8 Å². The van der Waals surface area contributed by atoms with E-state index in [9.17, 15) is 4.79 Å². The first kappa shape index (κ1) is 17.9. The maximum absolute atomic E-state index is 12.7. The first-order chi connectivity index (χ1) is 12.8. The van der Waals surface area contributed by atoms with Crippen molar-refractivity contribution in [3.8, 4) is 6.01 Å². The molecule has 1 heterocycles. The summed E-state index contributed by atoms with van der Waals surface area (Å²) in [6.07, 6.45) is 1.78. The SMILES string of the molecule is COCCOc1nc2ccccc2n1C(=O)NCCCc1ccccc1. The number of hydrogen-bond acceptors (Lipinski definition) is 4. The van der Waals surface area contributed by atoms with E-state index >= 15 is 0 Å². The number of nitrogens with one attached hydrogen (secondary N) is 1. The minimum absolute atomic E-state index is 0.237. The molecule has 0 spiro atoms. The number of para-hydroxylation sites is 2. The van der Waals surface area contributed by atoms with E-state index in [0.717, 1.165) is 23.9 Å². The molecule has 2 aromatic carbocycles. The molecule has 0 fully saturated rings. The van der Waals surface area contributed by atoms with E-state index in [4.69, 9.17) is 9.47 Å². The average Bonchev–Trinajstić information content (AvgIpc) is 3.04. The lowest BCUT2D eigenvalue weighted by Crippen LogP contribution is -2.30. The standard InChI is InChI=1S/C20H23N3O3/c1-25-14-15-26-20-22-17-11-5-6-12-18(17)23(20)19(24)21-13-7-10-16-8-3-2-4-9-16/h2-6,8-9,11-12H,7,10,13-15H2,1H3,(H,21,24). The number of methoxy groups -OCH3 is 1. The fourth-order valence-electron chi connectivity index (χ4n) is 2.72. The van der Waals surface area contributed by atoms with Gasteiger partial charge in [0.2, 0.25) is 0 Å². The highest BCUT2D eigenvalue weighted by atomic mass is 16.5. The van der Waals surface area contributed by atoms with Crippen molar-refractivity contribution in [2.24, 2.45) is 0 Å². The molecule has 0 aliphatic rings. The van der Waals surface area contributed by atoms with Crippen LogP contribution >= 0.6 is 0 Å². The number of ether oxygens (including phenoxy) is 2. The van der Waals surface area contributed by atoms with Gasteiger partial charge in [-0.1, -0.05) is 42.5 Å². The number of fused-ring (bicyclic) bond motifs is 1. The molecular formula is C20H23N3O3. The summed E-state index contributed by atoms with van der Waals surface area (Å²) in [5.74, 6) is 0. The van der Waals surface area contributed by atoms with Crippen molar-refractivity contribution in [3.05, 3.63) is 60.2 Å². The number of rotatable bonds is 8. The van der Waals surface area contributed by atoms with E-state index in [-0.39, 0.29) is 12.0 Å². The normalized spacial score (nSPS) is 10.8. The van der Waals surface area contributed by atoms with Crippen molar-refractivity contribution in [2.75, 3.05) is 26.9 Å². The number of hydrogen-bond donors (Lipinski definition) is 1. The molecule has 0 unspecified atom stereocenters. The topological polar surface area (TPSA) is 65.4 Å². The maximum Gasteiger partial charge on any atom is 0.330 e. The molecule has 0 aliphatic heterocycles. The zero-order valence-electron chi connectivity index (χ0n) is 14.9. The summed E-state index contributed by atoms with van der Waals surface area (Å²) in [5, 5.41) is 2.95. The first-order valence-corrected chi connectivity index (χ1v) is 8.71. The number of nitrogens with zero attached hydrogens (tertiary/aromatic N) is 2. The van der Waals surface area contributed by atoms with Crippen LogP contribution in [0.3, 0.4) is 0 Å². The van der Waals surface area contributed by atoms with Crippen molar-refractivity contribution in [1.29, 1.82) is 0 Å². The van der Waals surface area contributed by atoms with Crippen LogP contribution < -0.4 is 10.1 Å². The summed E-state index contributed by atoms with van der Waals surface area (Å²) in [4.78, 5) is 17.1. The maximum atomic E-state index is 12.7. The predicted octanol–water partition coefficient (Wildman–Crippen LogP) is 3.25. The van der Waals surface area contributed by atoms with Crippen molar-refractivity contribution >= 4 is 17.1 Å². The Labute approximate surface area is 152 Å². The summed E-state index contributed by atoms with van der Waals surface area (Å²) in [6.45, 7) is 1.35. The molecule has 0 atom stereocenters. The average molecular weight is 353 g/mol. The highest BCUT2D eigenvalue weighted by Gasteiger charge is 2.17. The Morgan fingerprint density at radius 2 is 1.85 bits per heavy atom. The molecule has 0 bridgehead atoms. The van der Waals surface area contributed by atoms with E-state index in [2.05, 4.69) is 22.4 Å². The third-order valence-corrected chi connectivity index (χ3v) is 4.01. The van der Waals surface area contributed by atoms with Gasteiger partial charge in [-0.05, 0) is 30.5 Å². The van der Waals surface area contributed by atoms with Crippen molar-refractivity contribution in [2.45, 2.75) is 12.8 Å². The monoisotopic (exact) mass is 353 g/mol. The molecule has 136 valence electrons. The predicted molar refractivity (Wildman–Crippen MR) is 101 cm³/mol. The van der Waals surface area contributed by atoms with Gasteiger partial charge in [0.15, 0.2) is 0 Å². The number of benzene rings is 2. The number of carbonyl (C=O) groups excluding carboxylic acids is 1. The molecule has 0 aliphatic carbocycles. The van der Waals surface area contributed by atoms with E-state index in [1.807, 2.05) is 42.5 Å². The van der Waals surface area contributed by atoms with Crippen LogP contribution in [-0.4, -0.2) is 42.5 Å². The molecule has 0 radical (unpaired) electrons. The van der Waals surface area contributed by atoms with Gasteiger partial charge in [0.1, 0.15) is 6.61 Å². The molecule has 6 nitrogen and oxygen atoms in total. The molecule has 3 rings (SSSR count). The van der Waals surface area contributed by atoms with Crippen molar-refractivity contribution < 1.29 is 14.3 Å². The van der Waals surface area contributed by atoms with Crippen LogP contribution in [0.1, 0.15) is 12.0 Å². The Morgan fingerprint density at radius 1 is 1.08 bits per heavy atom. The number of aryl methyl sites for hydroxylation is 1. The molecule has 1 aromatic heterocycles. The van der Waals surface area contributed by atoms with Crippen LogP contribution in [0, 0.1) is 0 Å². The molecule has 1 amide bonds. The van der Waals surface area contributed by atoms with Crippen molar-refractivity contribution in [1.82, 2.24) is 14.9 Å². The molecule has 26 heavy (non-hydrogen) atoms. The van der Waals surface area contributed by atoms with E-state index in [1.165, 1.54) is 10.1 Å². The Bertz CT molecular complexity index is 846. The lowest BCUT2D eigenvalue weighted by molar-refractivity contribution is 0.139. The zero-order chi connectivity index (χ0) is 18.2. The summed E-state index contributed by atoms with van der Waals surface area (Å²) in [6, 6.07) is 17.7. The Morgan fingerprint density at radius 3 is 2.65 bits per heavy atom. The van der Waals surface area contributed by atoms with Crippen molar-refractivity contribution in [3.63, 3.8) is 0 Å². The Balaban J connectivity index is 1.65. The number of aromatic nitrogens is 2. The van der Waals surface area contributed by atoms with Gasteiger partial charge in [0.25, 0.3) is 0 Å². The summed E-state index contributed by atoms with van der Waals surface area (Å²) in [5.41, 5.74) is 2.71. The third kappa shape index (κ3) is 4.40. The highest BCUT2D eigenvalue weighted by molar-refractivity contribution is 5.90. The highest BCUT2D eigenvalue weighted by Crippen LogP contribution is 2.20. The second-order valence-corrected chi connectivity index (χ2v) is 5.88. The molecule has 6 heteroatoms. The van der Waals surface area contributed by atoms with Gasteiger partial charge < -0.3 is 14.8 Å². The number of imidazole rings is 1. The third-order valence-electron chi connectivity index (χ3n) is 4.01. The van der Waals surface area contributed by atoms with Crippen LogP contribution in [0.5, 0.6) is 6.01 Å². The van der Waals surface area contributed by atoms with Gasteiger partial charge in [0, 0.05) is 13.7 Å². The lowest BCUT2D eigenvalue weighted by atomic mass is 10.1. The van der Waals surface area contributed by atoms with Gasteiger partial charge in [-0.3, -0.25) is 0 Å². The molecular weight excluding hydrogens is 330 g/mol. The van der Waals surface area contributed by atoms with E-state index in [1.54, 1.807) is 7.11 Å². The van der Waals surface area contributed by atoms with Crippen LogP contribution in [0.25, 0.3) is 11.0 Å². The lowest BCUT2D eigenvalue weighted by Gasteiger charge is -2.10. The van der Waals surface area contributed by atoms with Gasteiger partial charge in [0.05, 0.1) is 17.6 Å². The van der Waals surface area contributed by atoms with Crippen LogP contribution in [0.2, 0.25) is 0 Å². The van der Waals surface area contributed by atoms with Crippen LogP contribution in [-0.2, 0) is 11.2 Å². The summed E-state index contributed by atoms with van der Waals surface area (Å²) < 4.78 is 12.1. The number of carbonyl (C=O) groups is 1. The second kappa shape index (κ2) is 9.01. The second-order valence-electron chi connectivity index (χ2n) is 5.88. The van der Waals surface area contributed by atoms with Crippen LogP contribution in [0.4, 0.5) is 4.79 Å². The van der Waals surface area contributed by atoms with Gasteiger partial charge in [-0.25, -0.2) is 9.36 Å². The first-order valence-electron chi connectivity index (χ1n) is 8.71. The summed E-state index contributed by atoms with van der Waals surface area (Å²) >= 11 is 0. The minimum atomic E-state index is -0.237. The molecule has 3 aromatic rings. The Hall–Kier alpha value is -2.86. The Kier molecular flexibility index (Phi) is 6.22. The van der Waals surface area contributed by atoms with Gasteiger partial charge >= 0.3 is 12.0 Å². The van der Waals surface area contributed by atoms with E-state index < -0.39 is 0 Å². The minimum Gasteiger partial charge on any atom is -0.462 e. The molecule has 0 saturated heterocycles. The fraction of sp³-hybridized carbons (Fsp3) is 0.300. The van der Waals surface area contributed by atoms with Gasteiger partial charge in [-0.2, -0.15) is 4.98 Å². The summed E-state index contributed by atoms with van der Waals surface area (Å²) in [7, 11) is 1.60. The quantitative estimate of drug-likeness (QED) is 0.631. The molecule has 0 saturated carbocycles. The smallest absolute Gasteiger partial charge is 0.330 e.